The third-order valence-corrected chi connectivity index (χ3v) is 3.78. The molecule has 1 aliphatic rings. The van der Waals surface area contributed by atoms with Crippen LogP contribution in [0.15, 0.2) is 18.2 Å². The second kappa shape index (κ2) is 6.06. The first-order valence-corrected chi connectivity index (χ1v) is 6.85. The number of carboxylic acids is 1. The number of hydrogen-bond donors (Lipinski definition) is 2. The molecule has 19 heavy (non-hydrogen) atoms. The number of aromatic carboxylic acids is 1. The Morgan fingerprint density at radius 3 is 2.84 bits per heavy atom. The Bertz CT molecular complexity index is 459. The molecule has 0 aliphatic carbocycles. The second-order valence-corrected chi connectivity index (χ2v) is 5.41. The summed E-state index contributed by atoms with van der Waals surface area (Å²) in [6.45, 7) is 4.23. The lowest BCUT2D eigenvalue weighted by molar-refractivity contribution is 0.0697. The highest BCUT2D eigenvalue weighted by atomic mass is 16.4. The van der Waals surface area contributed by atoms with Crippen LogP contribution in [0.25, 0.3) is 0 Å². The van der Waals surface area contributed by atoms with E-state index in [1.165, 1.54) is 12.8 Å². The number of rotatable bonds is 3. The van der Waals surface area contributed by atoms with E-state index in [2.05, 4.69) is 17.3 Å². The summed E-state index contributed by atoms with van der Waals surface area (Å²) in [5, 5.41) is 12.5. The summed E-state index contributed by atoms with van der Waals surface area (Å²) in [7, 11) is 2.16. The Morgan fingerprint density at radius 2 is 2.16 bits per heavy atom. The number of carbonyl (C=O) groups is 1. The first-order valence-electron chi connectivity index (χ1n) is 6.85. The molecule has 1 saturated heterocycles. The van der Waals surface area contributed by atoms with Gasteiger partial charge in [-0.2, -0.15) is 0 Å². The van der Waals surface area contributed by atoms with Gasteiger partial charge in [0, 0.05) is 11.7 Å². The van der Waals surface area contributed by atoms with Crippen LogP contribution in [0.4, 0.5) is 5.69 Å². The van der Waals surface area contributed by atoms with E-state index in [1.807, 2.05) is 13.0 Å². The summed E-state index contributed by atoms with van der Waals surface area (Å²) in [6.07, 6.45) is 3.52. The number of hydrogen-bond acceptors (Lipinski definition) is 3. The van der Waals surface area contributed by atoms with Crippen LogP contribution in [0.1, 0.15) is 35.2 Å². The van der Waals surface area contributed by atoms with Gasteiger partial charge in [-0.15, -0.1) is 0 Å². The Kier molecular flexibility index (Phi) is 4.43. The third kappa shape index (κ3) is 3.70. The molecule has 1 atom stereocenters. The van der Waals surface area contributed by atoms with Crippen LogP contribution in [-0.2, 0) is 0 Å². The predicted octanol–water partition coefficient (Wildman–Crippen LogP) is 2.59. The fourth-order valence-corrected chi connectivity index (χ4v) is 2.56. The maximum atomic E-state index is 10.9. The Hall–Kier alpha value is -1.55. The molecule has 2 rings (SSSR count). The molecule has 0 amide bonds. The molecule has 104 valence electrons. The zero-order chi connectivity index (χ0) is 13.8. The van der Waals surface area contributed by atoms with Crippen molar-refractivity contribution in [3.63, 3.8) is 0 Å². The van der Waals surface area contributed by atoms with E-state index in [9.17, 15) is 4.79 Å². The SMILES string of the molecule is Cc1cc(C(=O)O)ccc1NC1CCCN(C)CC1. The lowest BCUT2D eigenvalue weighted by Crippen LogP contribution is -2.23. The summed E-state index contributed by atoms with van der Waals surface area (Å²) >= 11 is 0. The molecule has 4 nitrogen and oxygen atoms in total. The average Bonchev–Trinajstić information content (AvgIpc) is 2.57. The first kappa shape index (κ1) is 13.9. The Labute approximate surface area is 114 Å². The third-order valence-electron chi connectivity index (χ3n) is 3.78. The molecule has 1 fully saturated rings. The summed E-state index contributed by atoms with van der Waals surface area (Å²) in [6, 6.07) is 5.76. The van der Waals surface area contributed by atoms with E-state index in [-0.39, 0.29) is 0 Å². The van der Waals surface area contributed by atoms with Crippen LogP contribution in [0.5, 0.6) is 0 Å². The molecule has 1 unspecified atom stereocenters. The molecule has 0 saturated carbocycles. The van der Waals surface area contributed by atoms with Gasteiger partial charge in [-0.05, 0) is 70.1 Å². The second-order valence-electron chi connectivity index (χ2n) is 5.41. The smallest absolute Gasteiger partial charge is 0.335 e. The topological polar surface area (TPSA) is 52.6 Å². The van der Waals surface area contributed by atoms with Crippen LogP contribution in [0.2, 0.25) is 0 Å². The van der Waals surface area contributed by atoms with Crippen LogP contribution in [0, 0.1) is 6.92 Å². The van der Waals surface area contributed by atoms with Crippen molar-refractivity contribution in [3.05, 3.63) is 29.3 Å². The van der Waals surface area contributed by atoms with Gasteiger partial charge < -0.3 is 15.3 Å². The number of aryl methyl sites for hydroxylation is 1. The van der Waals surface area contributed by atoms with E-state index in [0.29, 0.717) is 11.6 Å². The minimum absolute atomic E-state index is 0.351. The fraction of sp³-hybridized carbons (Fsp3) is 0.533. The number of anilines is 1. The maximum Gasteiger partial charge on any atom is 0.335 e. The van der Waals surface area contributed by atoms with Gasteiger partial charge in [-0.3, -0.25) is 0 Å². The summed E-state index contributed by atoms with van der Waals surface area (Å²) in [5.74, 6) is -0.870. The van der Waals surface area contributed by atoms with Gasteiger partial charge in [-0.1, -0.05) is 0 Å². The zero-order valence-electron chi connectivity index (χ0n) is 11.6. The van der Waals surface area contributed by atoms with Crippen molar-refractivity contribution in [1.29, 1.82) is 0 Å². The molecule has 1 aromatic rings. The van der Waals surface area contributed by atoms with Gasteiger partial charge in [0.25, 0.3) is 0 Å². The van der Waals surface area contributed by atoms with E-state index in [4.69, 9.17) is 5.11 Å². The van der Waals surface area contributed by atoms with Gasteiger partial charge >= 0.3 is 5.97 Å². The number of nitrogens with zero attached hydrogens (tertiary/aromatic N) is 1. The summed E-state index contributed by atoms with van der Waals surface area (Å²) in [4.78, 5) is 13.3. The van der Waals surface area contributed by atoms with Crippen LogP contribution >= 0.6 is 0 Å². The minimum atomic E-state index is -0.870. The quantitative estimate of drug-likeness (QED) is 0.879. The van der Waals surface area contributed by atoms with Gasteiger partial charge in [0.1, 0.15) is 0 Å². The average molecular weight is 262 g/mol. The predicted molar refractivity (Wildman–Crippen MR) is 76.9 cm³/mol. The number of likely N-dealkylation sites (tertiary alicyclic amines) is 1. The van der Waals surface area contributed by atoms with Gasteiger partial charge in [0.15, 0.2) is 0 Å². The molecule has 0 radical (unpaired) electrons. The standard InChI is InChI=1S/C15H22N2O2/c1-11-10-12(15(18)19)5-6-14(11)16-13-4-3-8-17(2)9-7-13/h5-6,10,13,16H,3-4,7-9H2,1-2H3,(H,18,19). The van der Waals surface area contributed by atoms with Crippen LogP contribution in [0.3, 0.4) is 0 Å². The number of carboxylic acid groups (broad SMARTS) is 1. The van der Waals surface area contributed by atoms with Crippen molar-refractivity contribution in [2.24, 2.45) is 0 Å². The van der Waals surface area contributed by atoms with Crippen LogP contribution < -0.4 is 5.32 Å². The van der Waals surface area contributed by atoms with Crippen LogP contribution in [-0.4, -0.2) is 42.2 Å². The molecular weight excluding hydrogens is 240 g/mol. The minimum Gasteiger partial charge on any atom is -0.478 e. The van der Waals surface area contributed by atoms with E-state index >= 15 is 0 Å². The Morgan fingerprint density at radius 1 is 1.37 bits per heavy atom. The van der Waals surface area contributed by atoms with Gasteiger partial charge in [-0.25, -0.2) is 4.79 Å². The fourth-order valence-electron chi connectivity index (χ4n) is 2.56. The van der Waals surface area contributed by atoms with Crippen molar-refractivity contribution in [3.8, 4) is 0 Å². The molecule has 0 bridgehead atoms. The van der Waals surface area contributed by atoms with Crippen molar-refractivity contribution in [2.75, 3.05) is 25.5 Å². The zero-order valence-corrected chi connectivity index (χ0v) is 11.6. The lowest BCUT2D eigenvalue weighted by Gasteiger charge is -2.19. The maximum absolute atomic E-state index is 10.9. The molecule has 0 spiro atoms. The highest BCUT2D eigenvalue weighted by Crippen LogP contribution is 2.21. The van der Waals surface area contributed by atoms with Crippen molar-refractivity contribution in [2.45, 2.75) is 32.2 Å². The normalized spacial score (nSPS) is 20.8. The Balaban J connectivity index is 2.04. The van der Waals surface area contributed by atoms with E-state index < -0.39 is 5.97 Å². The largest absolute Gasteiger partial charge is 0.478 e. The monoisotopic (exact) mass is 262 g/mol. The number of benzene rings is 1. The first-order chi connectivity index (χ1) is 9.06. The van der Waals surface area contributed by atoms with Gasteiger partial charge in [0.05, 0.1) is 5.56 Å². The summed E-state index contributed by atoms with van der Waals surface area (Å²) in [5.41, 5.74) is 2.40. The molecule has 2 N–H and O–H groups in total. The highest BCUT2D eigenvalue weighted by Gasteiger charge is 2.15. The lowest BCUT2D eigenvalue weighted by atomic mass is 10.1. The van der Waals surface area contributed by atoms with Gasteiger partial charge in [0.2, 0.25) is 0 Å². The highest BCUT2D eigenvalue weighted by molar-refractivity contribution is 5.88. The molecule has 1 aromatic carbocycles. The molecule has 1 aliphatic heterocycles. The van der Waals surface area contributed by atoms with E-state index in [0.717, 1.165) is 30.8 Å². The van der Waals surface area contributed by atoms with Crippen molar-refractivity contribution >= 4 is 11.7 Å². The molecule has 4 heteroatoms. The summed E-state index contributed by atoms with van der Waals surface area (Å²) < 4.78 is 0. The van der Waals surface area contributed by atoms with E-state index in [1.54, 1.807) is 12.1 Å². The van der Waals surface area contributed by atoms with Crippen molar-refractivity contribution in [1.82, 2.24) is 4.90 Å². The van der Waals surface area contributed by atoms with Crippen molar-refractivity contribution < 1.29 is 9.90 Å². The number of nitrogens with one attached hydrogen (secondary N) is 1. The molecule has 1 heterocycles. The molecule has 0 aromatic heterocycles. The molecular formula is C15H22N2O2.